The number of carbonyl (C=O) groups is 1. The summed E-state index contributed by atoms with van der Waals surface area (Å²) in [5, 5.41) is 9.22. The van der Waals surface area contributed by atoms with Crippen LogP contribution in [0, 0.1) is 5.92 Å². The van der Waals surface area contributed by atoms with Crippen molar-refractivity contribution in [2.75, 3.05) is 46.3 Å². The van der Waals surface area contributed by atoms with Crippen molar-refractivity contribution in [2.24, 2.45) is 5.92 Å². The molecule has 2 aliphatic heterocycles. The first-order valence-electron chi connectivity index (χ1n) is 10.4. The summed E-state index contributed by atoms with van der Waals surface area (Å²) in [7, 11) is 2.19. The Hall–Kier alpha value is -1.96. The summed E-state index contributed by atoms with van der Waals surface area (Å²) >= 11 is 0. The van der Waals surface area contributed by atoms with E-state index in [1.165, 1.54) is 0 Å². The number of rotatable bonds is 4. The number of aromatic nitrogens is 2. The molecule has 2 fully saturated rings. The van der Waals surface area contributed by atoms with E-state index in [2.05, 4.69) is 33.7 Å². The van der Waals surface area contributed by atoms with Crippen LogP contribution in [0.5, 0.6) is 0 Å². The predicted octanol–water partition coefficient (Wildman–Crippen LogP) is 1.54. The maximum Gasteiger partial charge on any atom is 0.253 e. The van der Waals surface area contributed by atoms with Crippen molar-refractivity contribution in [1.82, 2.24) is 24.7 Å². The van der Waals surface area contributed by atoms with E-state index in [0.717, 1.165) is 63.1 Å². The summed E-state index contributed by atoms with van der Waals surface area (Å²) < 4.78 is 0. The van der Waals surface area contributed by atoms with E-state index in [4.69, 9.17) is 0 Å². The second-order valence-corrected chi connectivity index (χ2v) is 8.28. The van der Waals surface area contributed by atoms with Gasteiger partial charge in [-0.05, 0) is 50.9 Å². The van der Waals surface area contributed by atoms with Gasteiger partial charge >= 0.3 is 0 Å². The minimum Gasteiger partial charge on any atom is -0.388 e. The molecule has 2 aromatic rings. The average molecular weight is 386 g/mol. The highest BCUT2D eigenvalue weighted by Gasteiger charge is 2.30. The van der Waals surface area contributed by atoms with Crippen molar-refractivity contribution >= 4 is 16.9 Å². The second kappa shape index (κ2) is 8.19. The molecule has 28 heavy (non-hydrogen) atoms. The van der Waals surface area contributed by atoms with Gasteiger partial charge in [0.15, 0.2) is 0 Å². The van der Waals surface area contributed by atoms with Crippen molar-refractivity contribution in [1.29, 1.82) is 0 Å². The number of nitrogens with zero attached hydrogens (tertiary/aromatic N) is 4. The van der Waals surface area contributed by atoms with Crippen LogP contribution in [0.1, 0.15) is 35.9 Å². The number of likely N-dealkylation sites (N-methyl/N-ethyl adjacent to an activating group) is 1. The second-order valence-electron chi connectivity index (χ2n) is 8.28. The minimum atomic E-state index is -0.128. The van der Waals surface area contributed by atoms with Crippen molar-refractivity contribution in [3.63, 3.8) is 0 Å². The predicted molar refractivity (Wildman–Crippen MR) is 109 cm³/mol. The van der Waals surface area contributed by atoms with Crippen molar-refractivity contribution in [2.45, 2.75) is 32.4 Å². The van der Waals surface area contributed by atoms with Crippen LogP contribution in [0.25, 0.3) is 11.0 Å². The smallest absolute Gasteiger partial charge is 0.253 e. The number of benzene rings is 1. The fourth-order valence-corrected chi connectivity index (χ4v) is 4.57. The zero-order valence-corrected chi connectivity index (χ0v) is 16.9. The number of fused-ring (bicyclic) bond motifs is 1. The maximum atomic E-state index is 13.0. The lowest BCUT2D eigenvalue weighted by Crippen LogP contribution is -2.52. The van der Waals surface area contributed by atoms with Crippen LogP contribution in [-0.2, 0) is 6.61 Å². The molecule has 0 saturated carbocycles. The summed E-state index contributed by atoms with van der Waals surface area (Å²) in [5.74, 6) is 1.28. The highest BCUT2D eigenvalue weighted by Crippen LogP contribution is 2.26. The molecule has 7 heteroatoms. The number of aromatic amines is 1. The van der Waals surface area contributed by atoms with Crippen LogP contribution < -0.4 is 0 Å². The lowest BCUT2D eigenvalue weighted by Gasteiger charge is -2.42. The summed E-state index contributed by atoms with van der Waals surface area (Å²) in [6, 6.07) is 6.12. The van der Waals surface area contributed by atoms with Gasteiger partial charge < -0.3 is 19.9 Å². The molecule has 0 spiro atoms. The summed E-state index contributed by atoms with van der Waals surface area (Å²) in [6.45, 7) is 8.48. The van der Waals surface area contributed by atoms with Crippen molar-refractivity contribution in [3.05, 3.63) is 29.6 Å². The number of imidazole rings is 1. The SMILES string of the molecule is C[C@H](C1CCN(C(=O)c2ccc3nc(CO)[nH]c3c2)CC1)N1CCN(C)CC1. The number of carbonyl (C=O) groups excluding carboxylic acids is 1. The number of piperidine rings is 1. The number of aliphatic hydroxyl groups is 1. The zero-order valence-electron chi connectivity index (χ0n) is 16.9. The number of likely N-dealkylation sites (tertiary alicyclic amines) is 1. The normalized spacial score (nSPS) is 21.3. The van der Waals surface area contributed by atoms with E-state index in [9.17, 15) is 9.90 Å². The van der Waals surface area contributed by atoms with Crippen LogP contribution in [0.4, 0.5) is 0 Å². The van der Waals surface area contributed by atoms with Gasteiger partial charge in [-0.3, -0.25) is 9.69 Å². The fraction of sp³-hybridized carbons (Fsp3) is 0.619. The quantitative estimate of drug-likeness (QED) is 0.835. The summed E-state index contributed by atoms with van der Waals surface area (Å²) in [4.78, 5) is 27.3. The molecule has 1 aromatic heterocycles. The first kappa shape index (κ1) is 19.4. The molecule has 2 aliphatic rings. The minimum absolute atomic E-state index is 0.0905. The topological polar surface area (TPSA) is 75.7 Å². The molecule has 0 unspecified atom stereocenters. The molecular formula is C21H31N5O2. The van der Waals surface area contributed by atoms with Crippen LogP contribution in [0.15, 0.2) is 18.2 Å². The van der Waals surface area contributed by atoms with Crippen LogP contribution in [0.3, 0.4) is 0 Å². The zero-order chi connectivity index (χ0) is 19.7. The number of aliphatic hydroxyl groups excluding tert-OH is 1. The molecule has 1 atom stereocenters. The summed E-state index contributed by atoms with van der Waals surface area (Å²) in [5.41, 5.74) is 2.26. The van der Waals surface area contributed by atoms with E-state index >= 15 is 0 Å². The third-order valence-electron chi connectivity index (χ3n) is 6.55. The number of piperazine rings is 1. The highest BCUT2D eigenvalue weighted by molar-refractivity contribution is 5.97. The molecule has 2 saturated heterocycles. The van der Waals surface area contributed by atoms with E-state index in [-0.39, 0.29) is 12.5 Å². The molecule has 0 bridgehead atoms. The Morgan fingerprint density at radius 3 is 2.61 bits per heavy atom. The number of hydrogen-bond acceptors (Lipinski definition) is 5. The highest BCUT2D eigenvalue weighted by atomic mass is 16.3. The first-order chi connectivity index (χ1) is 13.5. The molecule has 0 aliphatic carbocycles. The van der Waals surface area contributed by atoms with Crippen LogP contribution in [-0.4, -0.2) is 88.0 Å². The van der Waals surface area contributed by atoms with Crippen LogP contribution >= 0.6 is 0 Å². The number of nitrogens with one attached hydrogen (secondary N) is 1. The Morgan fingerprint density at radius 2 is 1.93 bits per heavy atom. The Bertz CT molecular complexity index is 819. The largest absolute Gasteiger partial charge is 0.388 e. The average Bonchev–Trinajstić information content (AvgIpc) is 3.16. The van der Waals surface area contributed by atoms with Gasteiger partial charge in [0.25, 0.3) is 5.91 Å². The number of amides is 1. The third-order valence-corrected chi connectivity index (χ3v) is 6.55. The molecule has 7 nitrogen and oxygen atoms in total. The number of H-pyrrole nitrogens is 1. The molecule has 0 radical (unpaired) electrons. The third kappa shape index (κ3) is 3.92. The standard InChI is InChI=1S/C21H31N5O2/c1-15(25-11-9-24(2)10-12-25)16-5-7-26(8-6-16)21(28)17-3-4-18-19(13-17)23-20(14-27)22-18/h3-4,13,15-16,27H,5-12,14H2,1-2H3,(H,22,23)/t15-/m1/s1. The van der Waals surface area contributed by atoms with Gasteiger partial charge in [0.2, 0.25) is 0 Å². The molecular weight excluding hydrogens is 354 g/mol. The summed E-state index contributed by atoms with van der Waals surface area (Å²) in [6.07, 6.45) is 2.14. The van der Waals surface area contributed by atoms with E-state index in [0.29, 0.717) is 23.3 Å². The van der Waals surface area contributed by atoms with Gasteiger partial charge in [-0.2, -0.15) is 0 Å². The Morgan fingerprint density at radius 1 is 1.21 bits per heavy atom. The molecule has 4 rings (SSSR count). The Labute approximate surface area is 166 Å². The Balaban J connectivity index is 1.36. The molecule has 1 amide bonds. The van der Waals surface area contributed by atoms with Gasteiger partial charge in [0.1, 0.15) is 12.4 Å². The van der Waals surface area contributed by atoms with Crippen LogP contribution in [0.2, 0.25) is 0 Å². The fourth-order valence-electron chi connectivity index (χ4n) is 4.57. The lowest BCUT2D eigenvalue weighted by atomic mass is 9.88. The monoisotopic (exact) mass is 385 g/mol. The van der Waals surface area contributed by atoms with E-state index in [1.807, 2.05) is 23.1 Å². The van der Waals surface area contributed by atoms with E-state index < -0.39 is 0 Å². The lowest BCUT2D eigenvalue weighted by molar-refractivity contribution is 0.0500. The Kier molecular flexibility index (Phi) is 5.66. The van der Waals surface area contributed by atoms with Crippen molar-refractivity contribution in [3.8, 4) is 0 Å². The van der Waals surface area contributed by atoms with Gasteiger partial charge in [0, 0.05) is 50.9 Å². The van der Waals surface area contributed by atoms with Gasteiger partial charge in [-0.15, -0.1) is 0 Å². The van der Waals surface area contributed by atoms with Crippen molar-refractivity contribution < 1.29 is 9.90 Å². The van der Waals surface area contributed by atoms with Gasteiger partial charge in [-0.25, -0.2) is 4.98 Å². The van der Waals surface area contributed by atoms with E-state index in [1.54, 1.807) is 0 Å². The maximum absolute atomic E-state index is 13.0. The first-order valence-corrected chi connectivity index (χ1v) is 10.4. The van der Waals surface area contributed by atoms with Gasteiger partial charge in [0.05, 0.1) is 11.0 Å². The molecule has 3 heterocycles. The molecule has 1 aromatic carbocycles. The number of hydrogen-bond donors (Lipinski definition) is 2. The molecule has 2 N–H and O–H groups in total. The molecule has 152 valence electrons. The van der Waals surface area contributed by atoms with Gasteiger partial charge in [-0.1, -0.05) is 0 Å².